The monoisotopic (exact) mass is 352 g/mol. The smallest absolute Gasteiger partial charge is 0.494 e. The Bertz CT molecular complexity index is 1050. The Morgan fingerprint density at radius 2 is 1.54 bits per heavy atom. The molecular weight excluding hydrogens is 331 g/mol. The number of ether oxygens (including phenoxy) is 1. The van der Waals surface area contributed by atoms with Crippen LogP contribution in [-0.2, 0) is 9.31 Å². The van der Waals surface area contributed by atoms with Crippen molar-refractivity contribution in [1.29, 1.82) is 0 Å². The van der Waals surface area contributed by atoms with Gasteiger partial charge in [0.05, 0.1) is 23.7 Å². The van der Waals surface area contributed by atoms with E-state index in [0.29, 0.717) is 16.7 Å². The molecule has 0 radical (unpaired) electrons. The van der Waals surface area contributed by atoms with Gasteiger partial charge in [-0.25, -0.2) is 4.79 Å². The third kappa shape index (κ3) is 2.52. The van der Waals surface area contributed by atoms with Crippen LogP contribution in [0.5, 0.6) is 5.75 Å². The normalized spacial score (nSPS) is 18.6. The Hall–Kier alpha value is -2.31. The minimum absolute atomic E-state index is 0.391. The van der Waals surface area contributed by atoms with Gasteiger partial charge < -0.3 is 18.5 Å². The molecule has 4 rings (SSSR count). The van der Waals surface area contributed by atoms with E-state index in [0.717, 1.165) is 16.2 Å². The average molecular weight is 352 g/mol. The summed E-state index contributed by atoms with van der Waals surface area (Å²) in [7, 11) is 1.07. The van der Waals surface area contributed by atoms with E-state index in [-0.39, 0.29) is 0 Å². The Morgan fingerprint density at radius 1 is 0.885 bits per heavy atom. The van der Waals surface area contributed by atoms with E-state index in [9.17, 15) is 4.79 Å². The Morgan fingerprint density at radius 3 is 2.19 bits per heavy atom. The Kier molecular flexibility index (Phi) is 3.69. The lowest BCUT2D eigenvalue weighted by Gasteiger charge is -2.32. The molecule has 1 fully saturated rings. The van der Waals surface area contributed by atoms with Gasteiger partial charge in [0, 0.05) is 10.8 Å². The number of hydrogen-bond donors (Lipinski definition) is 0. The Labute approximate surface area is 152 Å². The first-order valence-corrected chi connectivity index (χ1v) is 8.62. The molecule has 0 bridgehead atoms. The number of rotatable bonds is 2. The zero-order valence-corrected chi connectivity index (χ0v) is 15.6. The molecule has 1 aromatic heterocycles. The van der Waals surface area contributed by atoms with Gasteiger partial charge in [-0.1, -0.05) is 12.1 Å². The van der Waals surface area contributed by atoms with E-state index in [4.69, 9.17) is 18.5 Å². The van der Waals surface area contributed by atoms with Gasteiger partial charge in [-0.3, -0.25) is 0 Å². The SMILES string of the molecule is COc1ccc2c(c1)c(=O)oc1cc(B3OC(C)(C)C(C)(C)O3)ccc12. The van der Waals surface area contributed by atoms with Crippen LogP contribution in [0, 0.1) is 0 Å². The van der Waals surface area contributed by atoms with Crippen molar-refractivity contribution in [2.45, 2.75) is 38.9 Å². The molecule has 1 aliphatic heterocycles. The third-order valence-corrected chi connectivity index (χ3v) is 5.47. The highest BCUT2D eigenvalue weighted by atomic mass is 16.7. The second kappa shape index (κ2) is 5.59. The molecule has 134 valence electrons. The first-order valence-electron chi connectivity index (χ1n) is 8.62. The molecule has 0 spiro atoms. The maximum absolute atomic E-state index is 12.4. The predicted octanol–water partition coefficient (Wildman–Crippen LogP) is 3.25. The molecular formula is C20H21BO5. The van der Waals surface area contributed by atoms with Crippen LogP contribution >= 0.6 is 0 Å². The van der Waals surface area contributed by atoms with E-state index in [1.165, 1.54) is 0 Å². The van der Waals surface area contributed by atoms with Crippen molar-refractivity contribution in [3.63, 3.8) is 0 Å². The second-order valence-electron chi connectivity index (χ2n) is 7.64. The summed E-state index contributed by atoms with van der Waals surface area (Å²) in [4.78, 5) is 12.4. The number of hydrogen-bond acceptors (Lipinski definition) is 5. The zero-order valence-electron chi connectivity index (χ0n) is 15.6. The summed E-state index contributed by atoms with van der Waals surface area (Å²) in [6.07, 6.45) is 0. The lowest BCUT2D eigenvalue weighted by atomic mass is 9.78. The fourth-order valence-electron chi connectivity index (χ4n) is 3.18. The van der Waals surface area contributed by atoms with Crippen LogP contribution < -0.4 is 15.8 Å². The molecule has 0 unspecified atom stereocenters. The minimum Gasteiger partial charge on any atom is -0.497 e. The van der Waals surface area contributed by atoms with E-state index in [2.05, 4.69) is 0 Å². The van der Waals surface area contributed by atoms with Crippen LogP contribution in [0.2, 0.25) is 0 Å². The van der Waals surface area contributed by atoms with Gasteiger partial charge in [-0.05, 0) is 57.4 Å². The highest BCUT2D eigenvalue weighted by Gasteiger charge is 2.51. The second-order valence-corrected chi connectivity index (χ2v) is 7.64. The van der Waals surface area contributed by atoms with Crippen LogP contribution in [0.4, 0.5) is 0 Å². The van der Waals surface area contributed by atoms with Crippen molar-refractivity contribution >= 4 is 34.3 Å². The van der Waals surface area contributed by atoms with Gasteiger partial charge in [0.15, 0.2) is 0 Å². The van der Waals surface area contributed by atoms with Crippen LogP contribution in [0.15, 0.2) is 45.6 Å². The van der Waals surface area contributed by atoms with E-state index >= 15 is 0 Å². The molecule has 0 amide bonds. The van der Waals surface area contributed by atoms with Crippen LogP contribution in [0.25, 0.3) is 21.7 Å². The maximum atomic E-state index is 12.4. The fraction of sp³-hybridized carbons (Fsp3) is 0.350. The van der Waals surface area contributed by atoms with E-state index in [1.54, 1.807) is 13.2 Å². The number of benzene rings is 2. The van der Waals surface area contributed by atoms with Crippen molar-refractivity contribution in [3.8, 4) is 5.75 Å². The molecule has 0 N–H and O–H groups in total. The summed E-state index contributed by atoms with van der Waals surface area (Å²) in [5.41, 5.74) is 0.102. The molecule has 2 aromatic carbocycles. The summed E-state index contributed by atoms with van der Waals surface area (Å²) in [5, 5.41) is 2.19. The molecule has 1 aliphatic rings. The molecule has 0 aliphatic carbocycles. The van der Waals surface area contributed by atoms with Crippen LogP contribution in [0.1, 0.15) is 27.7 Å². The van der Waals surface area contributed by atoms with Crippen molar-refractivity contribution in [1.82, 2.24) is 0 Å². The summed E-state index contributed by atoms with van der Waals surface area (Å²) >= 11 is 0. The van der Waals surface area contributed by atoms with Gasteiger partial charge in [0.2, 0.25) is 0 Å². The van der Waals surface area contributed by atoms with Gasteiger partial charge in [0.25, 0.3) is 0 Å². The predicted molar refractivity (Wildman–Crippen MR) is 102 cm³/mol. The van der Waals surface area contributed by atoms with Crippen molar-refractivity contribution in [2.24, 2.45) is 0 Å². The standard InChI is InChI=1S/C20H21BO5/c1-19(2)20(3,4)26-21(25-19)12-6-8-15-14-9-7-13(23-5)11-16(14)18(22)24-17(15)10-12/h6-11H,1-5H3. The number of methoxy groups -OCH3 is 1. The van der Waals surface area contributed by atoms with Crippen LogP contribution in [-0.4, -0.2) is 25.4 Å². The maximum Gasteiger partial charge on any atom is 0.494 e. The molecule has 0 saturated carbocycles. The van der Waals surface area contributed by atoms with Crippen molar-refractivity contribution in [2.75, 3.05) is 7.11 Å². The largest absolute Gasteiger partial charge is 0.497 e. The summed E-state index contributed by atoms with van der Waals surface area (Å²) in [6, 6.07) is 11.1. The third-order valence-electron chi connectivity index (χ3n) is 5.47. The summed E-state index contributed by atoms with van der Waals surface area (Å²) in [6.45, 7) is 8.04. The van der Waals surface area contributed by atoms with Gasteiger partial charge in [0.1, 0.15) is 11.3 Å². The molecule has 26 heavy (non-hydrogen) atoms. The quantitative estimate of drug-likeness (QED) is 0.403. The van der Waals surface area contributed by atoms with Crippen LogP contribution in [0.3, 0.4) is 0 Å². The molecule has 1 saturated heterocycles. The molecule has 2 heterocycles. The van der Waals surface area contributed by atoms with Gasteiger partial charge >= 0.3 is 12.7 Å². The first-order chi connectivity index (χ1) is 12.2. The molecule has 3 aromatic rings. The number of fused-ring (bicyclic) bond motifs is 3. The van der Waals surface area contributed by atoms with E-state index in [1.807, 2.05) is 58.0 Å². The van der Waals surface area contributed by atoms with Crippen molar-refractivity contribution < 1.29 is 18.5 Å². The summed E-state index contributed by atoms with van der Waals surface area (Å²) in [5.74, 6) is 0.623. The lowest BCUT2D eigenvalue weighted by molar-refractivity contribution is 0.00578. The molecule has 5 nitrogen and oxygen atoms in total. The lowest BCUT2D eigenvalue weighted by Crippen LogP contribution is -2.41. The van der Waals surface area contributed by atoms with E-state index < -0.39 is 23.9 Å². The van der Waals surface area contributed by atoms with Gasteiger partial charge in [-0.2, -0.15) is 0 Å². The highest BCUT2D eigenvalue weighted by Crippen LogP contribution is 2.36. The van der Waals surface area contributed by atoms with Crippen molar-refractivity contribution in [3.05, 3.63) is 46.8 Å². The molecule has 0 atom stereocenters. The first kappa shape index (κ1) is 17.1. The Balaban J connectivity index is 1.84. The average Bonchev–Trinajstić information content (AvgIpc) is 2.82. The minimum atomic E-state index is -0.499. The zero-order chi connectivity index (χ0) is 18.7. The highest BCUT2D eigenvalue weighted by molar-refractivity contribution is 6.62. The summed E-state index contributed by atoms with van der Waals surface area (Å²) < 4.78 is 22.9. The topological polar surface area (TPSA) is 57.9 Å². The molecule has 6 heteroatoms. The van der Waals surface area contributed by atoms with Gasteiger partial charge in [-0.15, -0.1) is 0 Å². The fourth-order valence-corrected chi connectivity index (χ4v) is 3.18.